The minimum Gasteiger partial charge on any atom is -0.481 e. The summed E-state index contributed by atoms with van der Waals surface area (Å²) in [6, 6.07) is 0.733. The topological polar surface area (TPSA) is 49.3 Å². The van der Waals surface area contributed by atoms with Crippen molar-refractivity contribution in [3.05, 3.63) is 0 Å². The molecule has 0 bridgehead atoms. The van der Waals surface area contributed by atoms with E-state index in [4.69, 9.17) is 5.11 Å². The van der Waals surface area contributed by atoms with Crippen molar-refractivity contribution >= 4 is 5.97 Å². The Kier molecular flexibility index (Phi) is 7.25. The van der Waals surface area contributed by atoms with E-state index in [0.29, 0.717) is 12.3 Å². The van der Waals surface area contributed by atoms with Gasteiger partial charge in [0.25, 0.3) is 0 Å². The first kappa shape index (κ1) is 14.5. The molecular weight excluding hydrogens is 214 g/mol. The maximum Gasteiger partial charge on any atom is 0.303 e. The standard InChI is InChI=1S/C14H27NO2/c1-2-5-12(8-9-14(16)17)10-11-15-13-6-3-4-7-13/h12-13,15H,2-11H2,1H3,(H,16,17). The maximum atomic E-state index is 10.6. The smallest absolute Gasteiger partial charge is 0.303 e. The van der Waals surface area contributed by atoms with Crippen molar-refractivity contribution < 1.29 is 9.90 Å². The van der Waals surface area contributed by atoms with Gasteiger partial charge < -0.3 is 10.4 Å². The number of nitrogens with one attached hydrogen (secondary N) is 1. The lowest BCUT2D eigenvalue weighted by molar-refractivity contribution is -0.137. The summed E-state index contributed by atoms with van der Waals surface area (Å²) < 4.78 is 0. The highest BCUT2D eigenvalue weighted by Crippen LogP contribution is 2.20. The molecule has 1 atom stereocenters. The van der Waals surface area contributed by atoms with Gasteiger partial charge in [0.2, 0.25) is 0 Å². The maximum absolute atomic E-state index is 10.6. The number of carboxylic acids is 1. The molecule has 1 unspecified atom stereocenters. The third-order valence-corrected chi connectivity index (χ3v) is 3.80. The van der Waals surface area contributed by atoms with Gasteiger partial charge in [-0.05, 0) is 38.1 Å². The fourth-order valence-electron chi connectivity index (χ4n) is 2.79. The van der Waals surface area contributed by atoms with E-state index in [-0.39, 0.29) is 0 Å². The van der Waals surface area contributed by atoms with Crippen LogP contribution in [0.15, 0.2) is 0 Å². The molecule has 0 heterocycles. The fraction of sp³-hybridized carbons (Fsp3) is 0.929. The van der Waals surface area contributed by atoms with Crippen LogP contribution in [0, 0.1) is 5.92 Å². The highest BCUT2D eigenvalue weighted by Gasteiger charge is 2.15. The summed E-state index contributed by atoms with van der Waals surface area (Å²) in [6.07, 6.45) is 10.0. The molecular formula is C14H27NO2. The molecule has 1 aliphatic carbocycles. The molecule has 1 rings (SSSR count). The molecule has 0 aromatic carbocycles. The first-order valence-electron chi connectivity index (χ1n) is 7.17. The Morgan fingerprint density at radius 1 is 1.29 bits per heavy atom. The van der Waals surface area contributed by atoms with Gasteiger partial charge in [-0.1, -0.05) is 32.6 Å². The van der Waals surface area contributed by atoms with Crippen LogP contribution in [0.5, 0.6) is 0 Å². The third-order valence-electron chi connectivity index (χ3n) is 3.80. The van der Waals surface area contributed by atoms with Crippen LogP contribution in [0.1, 0.15) is 64.7 Å². The molecule has 3 nitrogen and oxygen atoms in total. The minimum absolute atomic E-state index is 0.327. The molecule has 0 radical (unpaired) electrons. The largest absolute Gasteiger partial charge is 0.481 e. The summed E-state index contributed by atoms with van der Waals surface area (Å²) >= 11 is 0. The molecule has 0 amide bonds. The molecule has 0 aromatic rings. The molecule has 2 N–H and O–H groups in total. The predicted molar refractivity (Wildman–Crippen MR) is 70.1 cm³/mol. The SMILES string of the molecule is CCCC(CCNC1CCCC1)CCC(=O)O. The lowest BCUT2D eigenvalue weighted by atomic mass is 9.94. The zero-order valence-electron chi connectivity index (χ0n) is 11.1. The Bertz CT molecular complexity index is 212. The lowest BCUT2D eigenvalue weighted by Crippen LogP contribution is -2.28. The predicted octanol–water partition coefficient (Wildman–Crippen LogP) is 3.19. The average Bonchev–Trinajstić information content (AvgIpc) is 2.78. The van der Waals surface area contributed by atoms with Crippen LogP contribution < -0.4 is 5.32 Å². The van der Waals surface area contributed by atoms with E-state index in [1.165, 1.54) is 32.1 Å². The Hall–Kier alpha value is -0.570. The molecule has 0 saturated heterocycles. The van der Waals surface area contributed by atoms with E-state index in [2.05, 4.69) is 12.2 Å². The normalized spacial score (nSPS) is 18.4. The Morgan fingerprint density at radius 2 is 2.00 bits per heavy atom. The van der Waals surface area contributed by atoms with Gasteiger partial charge in [-0.25, -0.2) is 0 Å². The number of hydrogen-bond acceptors (Lipinski definition) is 2. The van der Waals surface area contributed by atoms with Gasteiger partial charge in [-0.15, -0.1) is 0 Å². The highest BCUT2D eigenvalue weighted by atomic mass is 16.4. The van der Waals surface area contributed by atoms with Crippen LogP contribution in [-0.2, 0) is 4.79 Å². The van der Waals surface area contributed by atoms with Gasteiger partial charge in [0.1, 0.15) is 0 Å². The van der Waals surface area contributed by atoms with E-state index in [9.17, 15) is 4.79 Å². The summed E-state index contributed by atoms with van der Waals surface area (Å²) in [5.74, 6) is -0.0696. The van der Waals surface area contributed by atoms with E-state index in [1.807, 2.05) is 0 Å². The van der Waals surface area contributed by atoms with Gasteiger partial charge in [0.05, 0.1) is 0 Å². The summed E-state index contributed by atoms with van der Waals surface area (Å²) in [5, 5.41) is 12.3. The first-order valence-corrected chi connectivity index (χ1v) is 7.17. The van der Waals surface area contributed by atoms with Gasteiger partial charge >= 0.3 is 5.97 Å². The van der Waals surface area contributed by atoms with Gasteiger partial charge in [0, 0.05) is 12.5 Å². The Labute approximate surface area is 105 Å². The molecule has 1 aliphatic rings. The first-order chi connectivity index (χ1) is 8.22. The zero-order valence-corrected chi connectivity index (χ0v) is 11.1. The van der Waals surface area contributed by atoms with E-state index >= 15 is 0 Å². The van der Waals surface area contributed by atoms with Gasteiger partial charge in [-0.2, -0.15) is 0 Å². The van der Waals surface area contributed by atoms with Crippen molar-refractivity contribution in [2.75, 3.05) is 6.54 Å². The number of aliphatic carboxylic acids is 1. The van der Waals surface area contributed by atoms with Crippen molar-refractivity contribution in [2.24, 2.45) is 5.92 Å². The molecule has 100 valence electrons. The van der Waals surface area contributed by atoms with Crippen LogP contribution in [0.3, 0.4) is 0 Å². The van der Waals surface area contributed by atoms with Crippen LogP contribution in [0.2, 0.25) is 0 Å². The molecule has 3 heteroatoms. The van der Waals surface area contributed by atoms with Gasteiger partial charge in [0.15, 0.2) is 0 Å². The summed E-state index contributed by atoms with van der Waals surface area (Å²) in [6.45, 7) is 3.24. The number of carboxylic acid groups (broad SMARTS) is 1. The van der Waals surface area contributed by atoms with Crippen molar-refractivity contribution in [1.82, 2.24) is 5.32 Å². The molecule has 0 aromatic heterocycles. The van der Waals surface area contributed by atoms with Crippen molar-refractivity contribution in [1.29, 1.82) is 0 Å². The van der Waals surface area contributed by atoms with Crippen LogP contribution >= 0.6 is 0 Å². The van der Waals surface area contributed by atoms with Crippen LogP contribution in [-0.4, -0.2) is 23.7 Å². The second kappa shape index (κ2) is 8.51. The van der Waals surface area contributed by atoms with Crippen LogP contribution in [0.25, 0.3) is 0 Å². The zero-order chi connectivity index (χ0) is 12.5. The number of carbonyl (C=O) groups is 1. The molecule has 17 heavy (non-hydrogen) atoms. The average molecular weight is 241 g/mol. The fourth-order valence-corrected chi connectivity index (χ4v) is 2.79. The minimum atomic E-state index is -0.658. The van der Waals surface area contributed by atoms with Crippen molar-refractivity contribution in [3.63, 3.8) is 0 Å². The van der Waals surface area contributed by atoms with E-state index < -0.39 is 5.97 Å². The molecule has 0 aliphatic heterocycles. The number of rotatable bonds is 9. The Morgan fingerprint density at radius 3 is 2.59 bits per heavy atom. The number of hydrogen-bond donors (Lipinski definition) is 2. The highest BCUT2D eigenvalue weighted by molar-refractivity contribution is 5.66. The molecule has 1 fully saturated rings. The van der Waals surface area contributed by atoms with E-state index in [1.54, 1.807) is 0 Å². The monoisotopic (exact) mass is 241 g/mol. The summed E-state index contributed by atoms with van der Waals surface area (Å²) in [4.78, 5) is 10.6. The lowest BCUT2D eigenvalue weighted by Gasteiger charge is -2.17. The second-order valence-electron chi connectivity index (χ2n) is 5.31. The Balaban J connectivity index is 2.11. The molecule has 1 saturated carbocycles. The van der Waals surface area contributed by atoms with Gasteiger partial charge in [-0.3, -0.25) is 4.79 Å². The van der Waals surface area contributed by atoms with Crippen molar-refractivity contribution in [3.8, 4) is 0 Å². The quantitative estimate of drug-likeness (QED) is 0.652. The summed E-state index contributed by atoms with van der Waals surface area (Å²) in [5.41, 5.74) is 0. The van der Waals surface area contributed by atoms with Crippen LogP contribution in [0.4, 0.5) is 0 Å². The third kappa shape index (κ3) is 6.67. The molecule has 0 spiro atoms. The second-order valence-corrected chi connectivity index (χ2v) is 5.31. The van der Waals surface area contributed by atoms with E-state index in [0.717, 1.165) is 31.8 Å². The van der Waals surface area contributed by atoms with Crippen molar-refractivity contribution in [2.45, 2.75) is 70.8 Å². The summed E-state index contributed by atoms with van der Waals surface area (Å²) in [7, 11) is 0.